The normalized spacial score (nSPS) is 14.3. The van der Waals surface area contributed by atoms with Gasteiger partial charge in [-0.25, -0.2) is 0 Å². The molecule has 3 rings (SSSR count). The average molecular weight is 483 g/mol. The zero-order chi connectivity index (χ0) is 20.9. The summed E-state index contributed by atoms with van der Waals surface area (Å²) in [6.45, 7) is 0. The lowest BCUT2D eigenvalue weighted by Gasteiger charge is -2.16. The van der Waals surface area contributed by atoms with Crippen LogP contribution in [-0.4, -0.2) is 0 Å². The minimum atomic E-state index is -3.36. The summed E-state index contributed by atoms with van der Waals surface area (Å²) in [5.41, 5.74) is 2.02. The van der Waals surface area contributed by atoms with Gasteiger partial charge >= 0.3 is 0 Å². The van der Waals surface area contributed by atoms with Crippen LogP contribution in [0.1, 0.15) is 11.1 Å². The summed E-state index contributed by atoms with van der Waals surface area (Å²) in [6, 6.07) is 23.5. The molecule has 0 aliphatic rings. The lowest BCUT2D eigenvalue weighted by molar-refractivity contribution is 0.589. The highest BCUT2D eigenvalue weighted by Gasteiger charge is 2.20. The SMILES string of the molecule is O=P(C=C(Cl)c1ccccc1)(C=C(Cl)c1ccccc1)Nc1ccc(Cl)c(Cl)c1. The Morgan fingerprint density at radius 1 is 0.724 bits per heavy atom. The van der Waals surface area contributed by atoms with Gasteiger partial charge in [0, 0.05) is 17.3 Å². The van der Waals surface area contributed by atoms with Crippen LogP contribution in [0.5, 0.6) is 0 Å². The fraction of sp³-hybridized carbons (Fsp3) is 0. The van der Waals surface area contributed by atoms with E-state index in [-0.39, 0.29) is 0 Å². The van der Waals surface area contributed by atoms with Gasteiger partial charge in [0.2, 0.25) is 7.29 Å². The van der Waals surface area contributed by atoms with Crippen molar-refractivity contribution in [3.63, 3.8) is 0 Å². The van der Waals surface area contributed by atoms with Crippen molar-refractivity contribution in [3.05, 3.63) is 112 Å². The Morgan fingerprint density at radius 3 is 1.66 bits per heavy atom. The molecule has 0 aliphatic carbocycles. The minimum absolute atomic E-state index is 0.343. The molecule has 0 fully saturated rings. The van der Waals surface area contributed by atoms with Gasteiger partial charge in [0.25, 0.3) is 0 Å². The second-order valence-corrected chi connectivity index (χ2v) is 9.92. The highest BCUT2D eigenvalue weighted by atomic mass is 35.5. The zero-order valence-corrected chi connectivity index (χ0v) is 18.9. The van der Waals surface area contributed by atoms with E-state index in [1.54, 1.807) is 18.2 Å². The van der Waals surface area contributed by atoms with Gasteiger partial charge in [0.15, 0.2) is 0 Å². The van der Waals surface area contributed by atoms with Crippen molar-refractivity contribution < 1.29 is 4.57 Å². The summed E-state index contributed by atoms with van der Waals surface area (Å²) in [5, 5.41) is 4.45. The second kappa shape index (κ2) is 9.89. The third-order valence-electron chi connectivity index (χ3n) is 3.93. The summed E-state index contributed by atoms with van der Waals surface area (Å²) < 4.78 is 13.8. The minimum Gasteiger partial charge on any atom is -0.330 e. The van der Waals surface area contributed by atoms with Crippen LogP contribution in [-0.2, 0) is 4.57 Å². The topological polar surface area (TPSA) is 29.1 Å². The van der Waals surface area contributed by atoms with E-state index >= 15 is 0 Å². The lowest BCUT2D eigenvalue weighted by Crippen LogP contribution is -1.94. The van der Waals surface area contributed by atoms with Crippen LogP contribution in [0.15, 0.2) is 90.5 Å². The molecule has 1 N–H and O–H groups in total. The Balaban J connectivity index is 2.05. The summed E-state index contributed by atoms with van der Waals surface area (Å²) in [7, 11) is -3.36. The van der Waals surface area contributed by atoms with Crippen molar-refractivity contribution in [2.75, 3.05) is 5.09 Å². The number of hydrogen-bond donors (Lipinski definition) is 1. The molecule has 0 aromatic heterocycles. The van der Waals surface area contributed by atoms with E-state index in [1.165, 1.54) is 11.6 Å². The maximum absolute atomic E-state index is 13.8. The van der Waals surface area contributed by atoms with E-state index in [0.29, 0.717) is 25.8 Å². The van der Waals surface area contributed by atoms with Crippen LogP contribution in [0.2, 0.25) is 10.0 Å². The highest BCUT2D eigenvalue weighted by Crippen LogP contribution is 2.53. The second-order valence-electron chi connectivity index (χ2n) is 6.14. The number of halogens is 4. The number of nitrogens with one attached hydrogen (secondary N) is 1. The van der Waals surface area contributed by atoms with Crippen molar-refractivity contribution in [2.24, 2.45) is 0 Å². The Hall–Kier alpha value is -1.67. The molecule has 0 saturated heterocycles. The lowest BCUT2D eigenvalue weighted by atomic mass is 10.2. The van der Waals surface area contributed by atoms with E-state index in [2.05, 4.69) is 5.09 Å². The first-order valence-corrected chi connectivity index (χ1v) is 11.9. The molecule has 0 radical (unpaired) electrons. The van der Waals surface area contributed by atoms with Gasteiger partial charge in [0.05, 0.1) is 20.1 Å². The Labute approximate surface area is 190 Å². The number of hydrogen-bond acceptors (Lipinski definition) is 1. The van der Waals surface area contributed by atoms with E-state index < -0.39 is 7.29 Å². The Bertz CT molecular complexity index is 1040. The van der Waals surface area contributed by atoms with Crippen molar-refractivity contribution in [1.82, 2.24) is 0 Å². The van der Waals surface area contributed by atoms with Crippen LogP contribution in [0.3, 0.4) is 0 Å². The van der Waals surface area contributed by atoms with Crippen LogP contribution in [0.4, 0.5) is 5.69 Å². The van der Waals surface area contributed by atoms with Crippen LogP contribution in [0, 0.1) is 0 Å². The summed E-state index contributed by atoms with van der Waals surface area (Å²) in [5.74, 6) is 2.97. The largest absolute Gasteiger partial charge is 0.330 e. The molecule has 0 spiro atoms. The van der Waals surface area contributed by atoms with Gasteiger partial charge in [-0.2, -0.15) is 0 Å². The molecule has 0 aliphatic heterocycles. The molecule has 7 heteroatoms. The quantitative estimate of drug-likeness (QED) is 0.355. The van der Waals surface area contributed by atoms with Gasteiger partial charge in [-0.15, -0.1) is 0 Å². The van der Waals surface area contributed by atoms with E-state index in [9.17, 15) is 4.57 Å². The highest BCUT2D eigenvalue weighted by molar-refractivity contribution is 7.72. The summed E-state index contributed by atoms with van der Waals surface area (Å²) >= 11 is 25.0. The van der Waals surface area contributed by atoms with Crippen molar-refractivity contribution in [1.29, 1.82) is 0 Å². The molecule has 0 bridgehead atoms. The summed E-state index contributed by atoms with van der Waals surface area (Å²) in [4.78, 5) is 0. The fourth-order valence-corrected chi connectivity index (χ4v) is 5.69. The average Bonchev–Trinajstić information content (AvgIpc) is 2.72. The maximum Gasteiger partial charge on any atom is 0.216 e. The van der Waals surface area contributed by atoms with Crippen molar-refractivity contribution in [3.8, 4) is 0 Å². The first-order chi connectivity index (χ1) is 13.9. The molecule has 0 heterocycles. The summed E-state index contributed by atoms with van der Waals surface area (Å²) in [6.07, 6.45) is 0. The first-order valence-electron chi connectivity index (χ1n) is 8.57. The molecule has 29 heavy (non-hydrogen) atoms. The van der Waals surface area contributed by atoms with Gasteiger partial charge in [-0.3, -0.25) is 4.57 Å². The molecule has 0 amide bonds. The molecule has 148 valence electrons. The van der Waals surface area contributed by atoms with Crippen molar-refractivity contribution >= 4 is 69.4 Å². The molecule has 0 unspecified atom stereocenters. The van der Waals surface area contributed by atoms with Gasteiger partial charge < -0.3 is 5.09 Å². The van der Waals surface area contributed by atoms with Gasteiger partial charge in [-0.05, 0) is 29.3 Å². The van der Waals surface area contributed by atoms with Crippen LogP contribution in [0.25, 0.3) is 10.1 Å². The Kier molecular flexibility index (Phi) is 7.51. The predicted octanol–water partition coefficient (Wildman–Crippen LogP) is 9.16. The van der Waals surface area contributed by atoms with E-state index in [4.69, 9.17) is 46.4 Å². The van der Waals surface area contributed by atoms with Crippen LogP contribution < -0.4 is 5.09 Å². The third-order valence-corrected chi connectivity index (χ3v) is 7.52. The number of rotatable bonds is 6. The fourth-order valence-electron chi connectivity index (χ4n) is 2.55. The Morgan fingerprint density at radius 2 is 1.21 bits per heavy atom. The van der Waals surface area contributed by atoms with Crippen molar-refractivity contribution in [2.45, 2.75) is 0 Å². The van der Waals surface area contributed by atoms with Gasteiger partial charge in [-0.1, -0.05) is 107 Å². The van der Waals surface area contributed by atoms with Gasteiger partial charge in [0.1, 0.15) is 0 Å². The molecule has 0 atom stereocenters. The standard InChI is InChI=1S/C22H16Cl4NOP/c23-19-12-11-18(13-20(19)24)27-29(28,14-21(25)16-7-3-1-4-8-16)15-22(26)17-9-5-2-6-10-17/h1-15H,(H,27,28). The molecular formula is C22H16Cl4NOP. The number of anilines is 1. The smallest absolute Gasteiger partial charge is 0.216 e. The zero-order valence-electron chi connectivity index (χ0n) is 15.0. The monoisotopic (exact) mass is 481 g/mol. The molecule has 3 aromatic rings. The van der Waals surface area contributed by atoms with E-state index in [1.807, 2.05) is 60.7 Å². The number of benzene rings is 3. The van der Waals surface area contributed by atoms with E-state index in [0.717, 1.165) is 11.1 Å². The van der Waals surface area contributed by atoms with Crippen LogP contribution >= 0.6 is 53.7 Å². The first kappa shape index (κ1) is 22.0. The molecule has 2 nitrogen and oxygen atoms in total. The third kappa shape index (κ3) is 6.15. The predicted molar refractivity (Wildman–Crippen MR) is 128 cm³/mol. The molecule has 0 saturated carbocycles. The molecular weight excluding hydrogens is 467 g/mol. The maximum atomic E-state index is 13.8. The molecule has 3 aromatic carbocycles.